The molecule has 1 atom stereocenters. The van der Waals surface area contributed by atoms with Gasteiger partial charge in [0.25, 0.3) is 0 Å². The molecule has 34 heavy (non-hydrogen) atoms. The average Bonchev–Trinajstić information content (AvgIpc) is 3.16. The molecule has 1 aliphatic carbocycles. The molecule has 1 aliphatic rings. The maximum Gasteiger partial charge on any atom is 0.407 e. The third kappa shape index (κ3) is 4.47. The number of phenolic OH excluding ortho intramolecular Hbond substituents is 1. The number of amides is 1. The number of methoxy groups -OCH3 is 2. The summed E-state index contributed by atoms with van der Waals surface area (Å²) in [5, 5.41) is 22.1. The smallest absolute Gasteiger partial charge is 0.407 e. The number of carboxylic acids is 1. The summed E-state index contributed by atoms with van der Waals surface area (Å²) in [6.45, 7) is 0.0764. The molecule has 3 aromatic rings. The molecule has 8 nitrogen and oxygen atoms in total. The third-order valence-corrected chi connectivity index (χ3v) is 5.91. The van der Waals surface area contributed by atoms with Gasteiger partial charge in [0, 0.05) is 12.3 Å². The number of hydrogen-bond donors (Lipinski definition) is 3. The van der Waals surface area contributed by atoms with Gasteiger partial charge in [0.2, 0.25) is 5.75 Å². The summed E-state index contributed by atoms with van der Waals surface area (Å²) in [6, 6.07) is 17.6. The lowest BCUT2D eigenvalue weighted by molar-refractivity contribution is -0.139. The Morgan fingerprint density at radius 1 is 0.941 bits per heavy atom. The second kappa shape index (κ2) is 9.74. The number of alkyl carbamates (subject to hydrolysis) is 1. The number of carbonyl (C=O) groups is 2. The van der Waals surface area contributed by atoms with E-state index < -0.39 is 18.1 Å². The molecule has 0 saturated heterocycles. The van der Waals surface area contributed by atoms with Crippen LogP contribution in [0.1, 0.15) is 22.6 Å². The van der Waals surface area contributed by atoms with Gasteiger partial charge in [0.15, 0.2) is 11.5 Å². The van der Waals surface area contributed by atoms with E-state index in [9.17, 15) is 19.8 Å². The number of aliphatic carboxylic acids is 1. The summed E-state index contributed by atoms with van der Waals surface area (Å²) in [6.07, 6.45) is -0.890. The van der Waals surface area contributed by atoms with Gasteiger partial charge in [0.05, 0.1) is 14.2 Å². The summed E-state index contributed by atoms with van der Waals surface area (Å²) in [7, 11) is 2.75. The highest BCUT2D eigenvalue weighted by molar-refractivity contribution is 5.81. The van der Waals surface area contributed by atoms with Crippen molar-refractivity contribution in [2.24, 2.45) is 0 Å². The van der Waals surface area contributed by atoms with E-state index >= 15 is 0 Å². The van der Waals surface area contributed by atoms with Crippen LogP contribution in [0.4, 0.5) is 4.79 Å². The van der Waals surface area contributed by atoms with Crippen molar-refractivity contribution in [1.29, 1.82) is 0 Å². The molecule has 176 valence electrons. The third-order valence-electron chi connectivity index (χ3n) is 5.91. The molecule has 4 rings (SSSR count). The van der Waals surface area contributed by atoms with Crippen molar-refractivity contribution in [3.05, 3.63) is 77.4 Å². The van der Waals surface area contributed by atoms with Gasteiger partial charge >= 0.3 is 12.1 Å². The van der Waals surface area contributed by atoms with Crippen molar-refractivity contribution in [3.8, 4) is 28.4 Å². The van der Waals surface area contributed by atoms with E-state index in [-0.39, 0.29) is 36.2 Å². The molecule has 0 saturated carbocycles. The van der Waals surface area contributed by atoms with Crippen molar-refractivity contribution < 1.29 is 34.0 Å². The van der Waals surface area contributed by atoms with Crippen LogP contribution >= 0.6 is 0 Å². The number of aromatic hydroxyl groups is 1. The lowest BCUT2D eigenvalue weighted by Gasteiger charge is -2.18. The van der Waals surface area contributed by atoms with Crippen LogP contribution in [0.25, 0.3) is 11.1 Å². The van der Waals surface area contributed by atoms with Crippen LogP contribution in [0, 0.1) is 0 Å². The minimum Gasteiger partial charge on any atom is -0.502 e. The Hall–Kier alpha value is -4.20. The maximum atomic E-state index is 12.5. The first-order valence-corrected chi connectivity index (χ1v) is 10.7. The van der Waals surface area contributed by atoms with Crippen LogP contribution in [-0.2, 0) is 16.0 Å². The Kier molecular flexibility index (Phi) is 6.58. The molecular formula is C26H25NO7. The van der Waals surface area contributed by atoms with Gasteiger partial charge in [-0.15, -0.1) is 0 Å². The van der Waals surface area contributed by atoms with Gasteiger partial charge in [-0.05, 0) is 39.9 Å². The van der Waals surface area contributed by atoms with E-state index in [1.54, 1.807) is 0 Å². The number of hydrogen-bond acceptors (Lipinski definition) is 6. The van der Waals surface area contributed by atoms with Gasteiger partial charge in [-0.2, -0.15) is 0 Å². The van der Waals surface area contributed by atoms with Crippen molar-refractivity contribution in [2.45, 2.75) is 18.4 Å². The largest absolute Gasteiger partial charge is 0.502 e. The molecular weight excluding hydrogens is 438 g/mol. The van der Waals surface area contributed by atoms with E-state index in [1.165, 1.54) is 26.4 Å². The highest BCUT2D eigenvalue weighted by Gasteiger charge is 2.30. The van der Waals surface area contributed by atoms with Crippen molar-refractivity contribution in [3.63, 3.8) is 0 Å². The molecule has 1 amide bonds. The normalized spacial score (nSPS) is 12.9. The summed E-state index contributed by atoms with van der Waals surface area (Å²) in [5.41, 5.74) is 4.83. The first kappa shape index (κ1) is 23.0. The molecule has 0 radical (unpaired) electrons. The molecule has 0 bridgehead atoms. The number of fused-ring (bicyclic) bond motifs is 3. The predicted octanol–water partition coefficient (Wildman–Crippen LogP) is 3.94. The zero-order chi connectivity index (χ0) is 24.2. The molecule has 0 unspecified atom stereocenters. The first-order chi connectivity index (χ1) is 16.4. The minimum absolute atomic E-state index is 0.0630. The van der Waals surface area contributed by atoms with E-state index in [2.05, 4.69) is 5.32 Å². The molecule has 3 aromatic carbocycles. The topological polar surface area (TPSA) is 114 Å². The highest BCUT2D eigenvalue weighted by atomic mass is 16.5. The molecule has 0 aliphatic heterocycles. The predicted molar refractivity (Wildman–Crippen MR) is 125 cm³/mol. The van der Waals surface area contributed by atoms with Crippen LogP contribution in [0.3, 0.4) is 0 Å². The number of phenols is 1. The van der Waals surface area contributed by atoms with Gasteiger partial charge in [-0.1, -0.05) is 48.5 Å². The average molecular weight is 463 g/mol. The zero-order valence-corrected chi connectivity index (χ0v) is 18.8. The molecule has 3 N–H and O–H groups in total. The summed E-state index contributed by atoms with van der Waals surface area (Å²) >= 11 is 0. The molecule has 0 spiro atoms. The number of rotatable bonds is 8. The molecule has 8 heteroatoms. The summed E-state index contributed by atoms with van der Waals surface area (Å²) in [4.78, 5) is 24.4. The Labute approximate surface area is 196 Å². The number of carbonyl (C=O) groups excluding carboxylic acids is 1. The number of ether oxygens (including phenoxy) is 3. The molecule has 0 aromatic heterocycles. The second-order valence-electron chi connectivity index (χ2n) is 7.91. The lowest BCUT2D eigenvalue weighted by atomic mass is 9.98. The van der Waals surface area contributed by atoms with Crippen molar-refractivity contribution in [2.75, 3.05) is 20.8 Å². The first-order valence-electron chi connectivity index (χ1n) is 10.7. The fraction of sp³-hybridized carbons (Fsp3) is 0.231. The SMILES string of the molecule is COc1cc(C[C@H](NC(=O)OCC2c3ccccc3-c3ccccc32)C(=O)O)cc(OC)c1O. The van der Waals surface area contributed by atoms with E-state index in [0.717, 1.165) is 22.3 Å². The highest BCUT2D eigenvalue weighted by Crippen LogP contribution is 2.44. The Bertz CT molecular complexity index is 1150. The van der Waals surface area contributed by atoms with Crippen LogP contribution in [-0.4, -0.2) is 49.1 Å². The van der Waals surface area contributed by atoms with Gasteiger partial charge < -0.3 is 29.7 Å². The summed E-state index contributed by atoms with van der Waals surface area (Å²) < 4.78 is 15.7. The number of nitrogens with one attached hydrogen (secondary N) is 1. The van der Waals surface area contributed by atoms with Gasteiger partial charge in [0.1, 0.15) is 12.6 Å². The van der Waals surface area contributed by atoms with Crippen LogP contribution in [0.2, 0.25) is 0 Å². The number of carboxylic acid groups (broad SMARTS) is 1. The zero-order valence-electron chi connectivity index (χ0n) is 18.8. The standard InChI is InChI=1S/C26H25NO7/c1-32-22-12-15(13-23(33-2)24(22)28)11-21(25(29)30)27-26(31)34-14-20-18-9-5-3-7-16(18)17-8-4-6-10-19(17)20/h3-10,12-13,20-21,28H,11,14H2,1-2H3,(H,27,31)(H,29,30)/t21-/m0/s1. The Morgan fingerprint density at radius 3 is 1.97 bits per heavy atom. The van der Waals surface area contributed by atoms with Crippen molar-refractivity contribution in [1.82, 2.24) is 5.32 Å². The second-order valence-corrected chi connectivity index (χ2v) is 7.91. The van der Waals surface area contributed by atoms with E-state index in [1.807, 2.05) is 48.5 Å². The quantitative estimate of drug-likeness (QED) is 0.464. The lowest BCUT2D eigenvalue weighted by Crippen LogP contribution is -2.42. The van der Waals surface area contributed by atoms with Crippen LogP contribution in [0.15, 0.2) is 60.7 Å². The Balaban J connectivity index is 1.45. The van der Waals surface area contributed by atoms with Gasteiger partial charge in [-0.25, -0.2) is 9.59 Å². The minimum atomic E-state index is -1.25. The fourth-order valence-electron chi connectivity index (χ4n) is 4.28. The number of benzene rings is 3. The van der Waals surface area contributed by atoms with Crippen LogP contribution < -0.4 is 14.8 Å². The monoisotopic (exact) mass is 463 g/mol. The van der Waals surface area contributed by atoms with Crippen molar-refractivity contribution >= 4 is 12.1 Å². The molecule has 0 fully saturated rings. The molecule has 0 heterocycles. The fourth-order valence-corrected chi connectivity index (χ4v) is 4.28. The van der Waals surface area contributed by atoms with Gasteiger partial charge in [-0.3, -0.25) is 0 Å². The maximum absolute atomic E-state index is 12.5. The Morgan fingerprint density at radius 2 is 1.47 bits per heavy atom. The van der Waals surface area contributed by atoms with Crippen LogP contribution in [0.5, 0.6) is 17.2 Å². The van der Waals surface area contributed by atoms with E-state index in [4.69, 9.17) is 14.2 Å². The van der Waals surface area contributed by atoms with E-state index in [0.29, 0.717) is 5.56 Å². The summed E-state index contributed by atoms with van der Waals surface area (Å²) in [5.74, 6) is -1.27.